The van der Waals surface area contributed by atoms with Crippen LogP contribution in [0.1, 0.15) is 50.1 Å². The van der Waals surface area contributed by atoms with Gasteiger partial charge in [0.15, 0.2) is 5.69 Å². The maximum Gasteiger partial charge on any atom is 0.355 e. The number of carbonyl (C=O) groups is 3. The summed E-state index contributed by atoms with van der Waals surface area (Å²) in [6.07, 6.45) is 0. The molecular formula is C16H17N3O4S. The van der Waals surface area contributed by atoms with Gasteiger partial charge in [-0.05, 0) is 38.1 Å². The lowest BCUT2D eigenvalue weighted by molar-refractivity contribution is 0.0690. The summed E-state index contributed by atoms with van der Waals surface area (Å²) in [4.78, 5) is 38.5. The fraction of sp³-hybridized carbons (Fsp3) is 0.250. The van der Waals surface area contributed by atoms with E-state index in [2.05, 4.69) is 15.6 Å². The summed E-state index contributed by atoms with van der Waals surface area (Å²) in [5.74, 6) is -1.61. The smallest absolute Gasteiger partial charge is 0.355 e. The van der Waals surface area contributed by atoms with Gasteiger partial charge in [0.2, 0.25) is 0 Å². The van der Waals surface area contributed by atoms with E-state index in [1.807, 2.05) is 13.8 Å². The molecule has 126 valence electrons. The first kappa shape index (κ1) is 17.6. The van der Waals surface area contributed by atoms with Crippen molar-refractivity contribution in [3.63, 3.8) is 0 Å². The summed E-state index contributed by atoms with van der Waals surface area (Å²) in [5.41, 5.74) is 0.849. The number of hydrogen-bond donors (Lipinski definition) is 3. The van der Waals surface area contributed by atoms with Crippen molar-refractivity contribution >= 4 is 29.1 Å². The van der Waals surface area contributed by atoms with Gasteiger partial charge in [0.05, 0.1) is 6.54 Å². The molecule has 1 heterocycles. The molecule has 0 radical (unpaired) electrons. The molecule has 0 atom stereocenters. The van der Waals surface area contributed by atoms with Crippen LogP contribution in [0.3, 0.4) is 0 Å². The standard InChI is InChI=1S/C16H17N3O4S/c1-9(2)18-15(21)11-5-3-10(4-6-11)14(20)17-7-13-19-12(8-24-13)16(22)23/h3-6,8-9H,7H2,1-2H3,(H,17,20)(H,18,21)(H,22,23). The van der Waals surface area contributed by atoms with E-state index >= 15 is 0 Å². The molecule has 0 aliphatic carbocycles. The van der Waals surface area contributed by atoms with E-state index in [0.717, 1.165) is 0 Å². The number of carboxylic acids is 1. The third-order valence-corrected chi connectivity index (χ3v) is 3.85. The molecule has 0 spiro atoms. The Morgan fingerprint density at radius 1 is 1.12 bits per heavy atom. The number of rotatable bonds is 6. The van der Waals surface area contributed by atoms with Gasteiger partial charge in [-0.2, -0.15) is 0 Å². The largest absolute Gasteiger partial charge is 0.476 e. The number of amides is 2. The average Bonchev–Trinajstić information content (AvgIpc) is 3.01. The molecule has 0 saturated carbocycles. The van der Waals surface area contributed by atoms with Crippen molar-refractivity contribution in [2.45, 2.75) is 26.4 Å². The Bertz CT molecular complexity index is 753. The van der Waals surface area contributed by atoms with Crippen molar-refractivity contribution < 1.29 is 19.5 Å². The summed E-state index contributed by atoms with van der Waals surface area (Å²) in [5, 5.41) is 16.2. The van der Waals surface area contributed by atoms with Crippen LogP contribution in [0.2, 0.25) is 0 Å². The normalized spacial score (nSPS) is 10.5. The lowest BCUT2D eigenvalue weighted by Gasteiger charge is -2.09. The first-order valence-electron chi connectivity index (χ1n) is 7.23. The van der Waals surface area contributed by atoms with E-state index in [1.54, 1.807) is 24.3 Å². The van der Waals surface area contributed by atoms with Crippen molar-refractivity contribution in [3.8, 4) is 0 Å². The second-order valence-corrected chi connectivity index (χ2v) is 6.26. The number of thiazole rings is 1. The molecule has 8 heteroatoms. The van der Waals surface area contributed by atoms with Crippen LogP contribution in [0.25, 0.3) is 0 Å². The highest BCUT2D eigenvalue weighted by Crippen LogP contribution is 2.10. The van der Waals surface area contributed by atoms with Crippen LogP contribution >= 0.6 is 11.3 Å². The van der Waals surface area contributed by atoms with Crippen LogP contribution in [-0.2, 0) is 6.54 Å². The summed E-state index contributed by atoms with van der Waals surface area (Å²) in [7, 11) is 0. The Labute approximate surface area is 142 Å². The average molecular weight is 347 g/mol. The minimum atomic E-state index is -1.10. The first-order chi connectivity index (χ1) is 11.4. The van der Waals surface area contributed by atoms with Crippen molar-refractivity contribution in [1.29, 1.82) is 0 Å². The van der Waals surface area contributed by atoms with Gasteiger partial charge in [-0.3, -0.25) is 9.59 Å². The molecule has 0 unspecified atom stereocenters. The zero-order valence-corrected chi connectivity index (χ0v) is 14.0. The molecule has 3 N–H and O–H groups in total. The van der Waals surface area contributed by atoms with Gasteiger partial charge in [0.25, 0.3) is 11.8 Å². The van der Waals surface area contributed by atoms with Gasteiger partial charge < -0.3 is 15.7 Å². The van der Waals surface area contributed by atoms with Crippen LogP contribution in [-0.4, -0.2) is 33.9 Å². The summed E-state index contributed by atoms with van der Waals surface area (Å²) in [6.45, 7) is 3.88. The molecule has 0 aliphatic rings. The first-order valence-corrected chi connectivity index (χ1v) is 8.11. The number of benzene rings is 1. The molecule has 2 amide bonds. The number of aromatic nitrogens is 1. The topological polar surface area (TPSA) is 108 Å². The van der Waals surface area contributed by atoms with E-state index in [9.17, 15) is 14.4 Å². The highest BCUT2D eigenvalue weighted by Gasteiger charge is 2.12. The zero-order valence-electron chi connectivity index (χ0n) is 13.2. The monoisotopic (exact) mass is 347 g/mol. The molecule has 0 aliphatic heterocycles. The third kappa shape index (κ3) is 4.63. The Balaban J connectivity index is 1.94. The second-order valence-electron chi connectivity index (χ2n) is 5.32. The minimum Gasteiger partial charge on any atom is -0.476 e. The Kier molecular flexibility index (Phi) is 5.64. The number of carboxylic acid groups (broad SMARTS) is 1. The van der Waals surface area contributed by atoms with Crippen LogP contribution in [0, 0.1) is 0 Å². The maximum absolute atomic E-state index is 12.1. The molecule has 0 saturated heterocycles. The molecule has 24 heavy (non-hydrogen) atoms. The summed E-state index contributed by atoms with van der Waals surface area (Å²) in [6, 6.07) is 6.33. The number of aromatic carboxylic acids is 1. The lowest BCUT2D eigenvalue weighted by atomic mass is 10.1. The van der Waals surface area contributed by atoms with Gasteiger partial charge in [0.1, 0.15) is 5.01 Å². The van der Waals surface area contributed by atoms with Gasteiger partial charge in [-0.15, -0.1) is 11.3 Å². The van der Waals surface area contributed by atoms with E-state index in [0.29, 0.717) is 16.1 Å². The minimum absolute atomic E-state index is 0.0365. The van der Waals surface area contributed by atoms with Gasteiger partial charge in [0, 0.05) is 22.5 Å². The number of carbonyl (C=O) groups excluding carboxylic acids is 2. The Morgan fingerprint density at radius 2 is 1.71 bits per heavy atom. The number of nitrogens with zero attached hydrogens (tertiary/aromatic N) is 1. The molecule has 1 aromatic carbocycles. The van der Waals surface area contributed by atoms with Gasteiger partial charge in [-0.1, -0.05) is 0 Å². The zero-order chi connectivity index (χ0) is 17.7. The molecule has 2 rings (SSSR count). The van der Waals surface area contributed by atoms with Crippen LogP contribution in [0.4, 0.5) is 0 Å². The van der Waals surface area contributed by atoms with Crippen LogP contribution in [0.15, 0.2) is 29.6 Å². The predicted molar refractivity (Wildman–Crippen MR) is 89.3 cm³/mol. The van der Waals surface area contributed by atoms with Crippen molar-refractivity contribution in [3.05, 3.63) is 51.5 Å². The highest BCUT2D eigenvalue weighted by atomic mass is 32.1. The quantitative estimate of drug-likeness (QED) is 0.740. The lowest BCUT2D eigenvalue weighted by Crippen LogP contribution is -2.30. The van der Waals surface area contributed by atoms with E-state index in [4.69, 9.17) is 5.11 Å². The molecule has 0 fully saturated rings. The Morgan fingerprint density at radius 3 is 2.21 bits per heavy atom. The molecule has 7 nitrogen and oxygen atoms in total. The third-order valence-electron chi connectivity index (χ3n) is 3.00. The fourth-order valence-corrected chi connectivity index (χ4v) is 2.57. The highest BCUT2D eigenvalue weighted by molar-refractivity contribution is 7.09. The molecule has 0 bridgehead atoms. The summed E-state index contributed by atoms with van der Waals surface area (Å²) < 4.78 is 0. The van der Waals surface area contributed by atoms with E-state index in [1.165, 1.54) is 16.7 Å². The van der Waals surface area contributed by atoms with Crippen LogP contribution in [0.5, 0.6) is 0 Å². The van der Waals surface area contributed by atoms with E-state index in [-0.39, 0.29) is 30.1 Å². The van der Waals surface area contributed by atoms with Gasteiger partial charge >= 0.3 is 5.97 Å². The van der Waals surface area contributed by atoms with Crippen molar-refractivity contribution in [2.75, 3.05) is 0 Å². The van der Waals surface area contributed by atoms with Gasteiger partial charge in [-0.25, -0.2) is 9.78 Å². The SMILES string of the molecule is CC(C)NC(=O)c1ccc(C(=O)NCc2nc(C(=O)O)cs2)cc1. The molecular weight excluding hydrogens is 330 g/mol. The Hall–Kier alpha value is -2.74. The number of hydrogen-bond acceptors (Lipinski definition) is 5. The van der Waals surface area contributed by atoms with Crippen molar-refractivity contribution in [2.24, 2.45) is 0 Å². The van der Waals surface area contributed by atoms with Crippen molar-refractivity contribution in [1.82, 2.24) is 15.6 Å². The molecule has 2 aromatic rings. The van der Waals surface area contributed by atoms with Crippen LogP contribution < -0.4 is 10.6 Å². The van der Waals surface area contributed by atoms with E-state index < -0.39 is 5.97 Å². The predicted octanol–water partition coefficient (Wildman–Crippen LogP) is 1.91. The second kappa shape index (κ2) is 7.69. The maximum atomic E-state index is 12.1. The summed E-state index contributed by atoms with van der Waals surface area (Å²) >= 11 is 1.17. The number of nitrogens with one attached hydrogen (secondary N) is 2. The molecule has 1 aromatic heterocycles. The fourth-order valence-electron chi connectivity index (χ4n) is 1.87.